The minimum Gasteiger partial charge on any atom is -0.346 e. The Bertz CT molecular complexity index is 1230. The van der Waals surface area contributed by atoms with Crippen LogP contribution in [0.15, 0.2) is 72.8 Å². The van der Waals surface area contributed by atoms with Crippen LogP contribution in [0.5, 0.6) is 0 Å². The first-order valence-electron chi connectivity index (χ1n) is 11.1. The average molecular weight is 483 g/mol. The summed E-state index contributed by atoms with van der Waals surface area (Å²) in [5.74, 6) is -0.632. The van der Waals surface area contributed by atoms with E-state index in [1.54, 1.807) is 36.4 Å². The van der Waals surface area contributed by atoms with E-state index in [0.717, 1.165) is 11.8 Å². The van der Waals surface area contributed by atoms with E-state index in [0.29, 0.717) is 16.8 Å². The van der Waals surface area contributed by atoms with Crippen LogP contribution in [0.25, 0.3) is 0 Å². The van der Waals surface area contributed by atoms with Crippen LogP contribution in [0.3, 0.4) is 0 Å². The van der Waals surface area contributed by atoms with Gasteiger partial charge in [0.15, 0.2) is 0 Å². The fourth-order valence-corrected chi connectivity index (χ4v) is 4.46. The van der Waals surface area contributed by atoms with Gasteiger partial charge in [0.1, 0.15) is 5.82 Å². The van der Waals surface area contributed by atoms with Crippen LogP contribution in [-0.2, 0) is 22.0 Å². The molecule has 34 heavy (non-hydrogen) atoms. The molecule has 3 rings (SSSR count). The molecule has 180 valence electrons. The minimum absolute atomic E-state index is 0.0588. The summed E-state index contributed by atoms with van der Waals surface area (Å²) in [4.78, 5) is 12.8. The second-order valence-corrected chi connectivity index (χ2v) is 11.4. The molecule has 0 aliphatic heterocycles. The maximum atomic E-state index is 13.2. The number of hydrogen-bond acceptors (Lipinski definition) is 3. The number of carbonyl (C=O) groups is 1. The largest absolute Gasteiger partial charge is 0.346 e. The zero-order valence-corrected chi connectivity index (χ0v) is 21.0. The standard InChI is InChI=1S/C27H31FN2O3S/c1-19(21-8-12-23(13-9-21)27(2,3)4)29-26(31)22-10-16-25(17-11-22)30(34(5,32)33)18-20-6-14-24(28)15-7-20/h6-17,19H,18H2,1-5H3,(H,29,31)/t19-/m0/s1. The SMILES string of the molecule is C[C@H](NC(=O)c1ccc(N(Cc2ccc(F)cc2)S(C)(=O)=O)cc1)c1ccc(C(C)(C)C)cc1. The van der Waals surface area contributed by atoms with Crippen LogP contribution < -0.4 is 9.62 Å². The smallest absolute Gasteiger partial charge is 0.251 e. The molecule has 0 radical (unpaired) electrons. The van der Waals surface area contributed by atoms with Crippen LogP contribution in [0.4, 0.5) is 10.1 Å². The minimum atomic E-state index is -3.59. The maximum absolute atomic E-state index is 13.2. The lowest BCUT2D eigenvalue weighted by Crippen LogP contribution is -2.29. The average Bonchev–Trinajstić information content (AvgIpc) is 2.77. The molecule has 0 spiro atoms. The van der Waals surface area contributed by atoms with Gasteiger partial charge in [-0.15, -0.1) is 0 Å². The highest BCUT2D eigenvalue weighted by atomic mass is 32.2. The Labute approximate surface area is 201 Å². The molecule has 0 heterocycles. The molecule has 7 heteroatoms. The van der Waals surface area contributed by atoms with Crippen LogP contribution in [0, 0.1) is 5.82 Å². The number of nitrogens with zero attached hydrogens (tertiary/aromatic N) is 1. The number of sulfonamides is 1. The second-order valence-electron chi connectivity index (χ2n) is 9.51. The number of nitrogens with one attached hydrogen (secondary N) is 1. The molecule has 0 aliphatic carbocycles. The van der Waals surface area contributed by atoms with Crippen molar-refractivity contribution in [1.29, 1.82) is 0 Å². The van der Waals surface area contributed by atoms with E-state index < -0.39 is 10.0 Å². The molecule has 1 N–H and O–H groups in total. The lowest BCUT2D eigenvalue weighted by molar-refractivity contribution is 0.0940. The predicted molar refractivity (Wildman–Crippen MR) is 135 cm³/mol. The highest BCUT2D eigenvalue weighted by Crippen LogP contribution is 2.25. The van der Waals surface area contributed by atoms with E-state index in [4.69, 9.17) is 0 Å². The quantitative estimate of drug-likeness (QED) is 0.478. The Balaban J connectivity index is 1.72. The summed E-state index contributed by atoms with van der Waals surface area (Å²) in [6, 6.07) is 20.1. The van der Waals surface area contributed by atoms with Gasteiger partial charge in [-0.3, -0.25) is 9.10 Å². The summed E-state index contributed by atoms with van der Waals surface area (Å²) >= 11 is 0. The van der Waals surface area contributed by atoms with Crippen molar-refractivity contribution in [2.24, 2.45) is 0 Å². The Kier molecular flexibility index (Phi) is 7.46. The first kappa shape index (κ1) is 25.4. The third kappa shape index (κ3) is 6.44. The van der Waals surface area contributed by atoms with E-state index >= 15 is 0 Å². The molecule has 1 amide bonds. The van der Waals surface area contributed by atoms with E-state index in [-0.39, 0.29) is 29.7 Å². The zero-order chi connectivity index (χ0) is 25.1. The van der Waals surface area contributed by atoms with Crippen molar-refractivity contribution < 1.29 is 17.6 Å². The first-order chi connectivity index (χ1) is 15.8. The molecule has 0 unspecified atom stereocenters. The summed E-state index contributed by atoms with van der Waals surface area (Å²) in [5, 5.41) is 2.99. The molecule has 5 nitrogen and oxygen atoms in total. The fraction of sp³-hybridized carbons (Fsp3) is 0.296. The molecule has 0 saturated carbocycles. The molecule has 0 aromatic heterocycles. The van der Waals surface area contributed by atoms with E-state index in [1.165, 1.54) is 22.0 Å². The lowest BCUT2D eigenvalue weighted by Gasteiger charge is -2.23. The highest BCUT2D eigenvalue weighted by molar-refractivity contribution is 7.92. The van der Waals surface area contributed by atoms with Gasteiger partial charge in [-0.2, -0.15) is 0 Å². The summed E-state index contributed by atoms with van der Waals surface area (Å²) in [6.07, 6.45) is 1.11. The molecule has 0 saturated heterocycles. The number of hydrogen-bond donors (Lipinski definition) is 1. The Hall–Kier alpha value is -3.19. The van der Waals surface area contributed by atoms with Gasteiger partial charge in [0.05, 0.1) is 24.5 Å². The van der Waals surface area contributed by atoms with E-state index in [9.17, 15) is 17.6 Å². The van der Waals surface area contributed by atoms with Gasteiger partial charge in [0.25, 0.3) is 5.91 Å². The second kappa shape index (κ2) is 9.97. The number of carbonyl (C=O) groups excluding carboxylic acids is 1. The predicted octanol–water partition coefficient (Wildman–Crippen LogP) is 5.58. The molecule has 3 aromatic rings. The first-order valence-corrected chi connectivity index (χ1v) is 12.9. The van der Waals surface area contributed by atoms with Crippen molar-refractivity contribution in [3.63, 3.8) is 0 Å². The van der Waals surface area contributed by atoms with Crippen molar-refractivity contribution in [3.05, 3.63) is 101 Å². The van der Waals surface area contributed by atoms with Crippen molar-refractivity contribution in [2.45, 2.75) is 45.7 Å². The van der Waals surface area contributed by atoms with Crippen molar-refractivity contribution >= 4 is 21.6 Å². The third-order valence-corrected chi connectivity index (χ3v) is 6.82. The lowest BCUT2D eigenvalue weighted by atomic mass is 9.86. The molecular weight excluding hydrogens is 451 g/mol. The number of amides is 1. The number of halogens is 1. The van der Waals surface area contributed by atoms with E-state index in [1.807, 2.05) is 19.1 Å². The van der Waals surface area contributed by atoms with Crippen LogP contribution in [0.1, 0.15) is 60.8 Å². The molecule has 0 fully saturated rings. The Morgan fingerprint density at radius 1 is 0.941 bits per heavy atom. The normalized spacial score (nSPS) is 12.8. The summed E-state index contributed by atoms with van der Waals surface area (Å²) < 4.78 is 39.2. The van der Waals surface area contributed by atoms with Crippen LogP contribution in [-0.4, -0.2) is 20.6 Å². The number of benzene rings is 3. The maximum Gasteiger partial charge on any atom is 0.251 e. The summed E-state index contributed by atoms with van der Waals surface area (Å²) in [7, 11) is -3.59. The monoisotopic (exact) mass is 482 g/mol. The van der Waals surface area contributed by atoms with Crippen molar-refractivity contribution in [2.75, 3.05) is 10.6 Å². The van der Waals surface area contributed by atoms with Crippen LogP contribution >= 0.6 is 0 Å². The van der Waals surface area contributed by atoms with Gasteiger partial charge in [0.2, 0.25) is 10.0 Å². The highest BCUT2D eigenvalue weighted by Gasteiger charge is 2.19. The molecule has 1 atom stereocenters. The molecular formula is C27H31FN2O3S. The topological polar surface area (TPSA) is 66.5 Å². The number of anilines is 1. The molecule has 0 aliphatic rings. The van der Waals surface area contributed by atoms with Gasteiger partial charge < -0.3 is 5.32 Å². The van der Waals surface area contributed by atoms with Gasteiger partial charge in [-0.05, 0) is 65.4 Å². The summed E-state index contributed by atoms with van der Waals surface area (Å²) in [6.45, 7) is 8.45. The zero-order valence-electron chi connectivity index (χ0n) is 20.2. The van der Waals surface area contributed by atoms with Crippen molar-refractivity contribution in [3.8, 4) is 0 Å². The van der Waals surface area contributed by atoms with Crippen LogP contribution in [0.2, 0.25) is 0 Å². The summed E-state index contributed by atoms with van der Waals surface area (Å²) in [5.41, 5.74) is 3.79. The third-order valence-electron chi connectivity index (χ3n) is 5.68. The molecule has 3 aromatic carbocycles. The van der Waals surface area contributed by atoms with Gasteiger partial charge in [0, 0.05) is 5.56 Å². The van der Waals surface area contributed by atoms with Gasteiger partial charge >= 0.3 is 0 Å². The Morgan fingerprint density at radius 3 is 2.00 bits per heavy atom. The van der Waals surface area contributed by atoms with E-state index in [2.05, 4.69) is 38.2 Å². The van der Waals surface area contributed by atoms with Gasteiger partial charge in [-0.25, -0.2) is 12.8 Å². The fourth-order valence-electron chi connectivity index (χ4n) is 3.57. The number of rotatable bonds is 7. The Morgan fingerprint density at radius 2 is 1.50 bits per heavy atom. The van der Waals surface area contributed by atoms with Crippen molar-refractivity contribution in [1.82, 2.24) is 5.32 Å². The molecule has 0 bridgehead atoms. The van der Waals surface area contributed by atoms with Gasteiger partial charge in [-0.1, -0.05) is 57.2 Å².